The van der Waals surface area contributed by atoms with Gasteiger partial charge in [-0.2, -0.15) is 0 Å². The predicted octanol–water partition coefficient (Wildman–Crippen LogP) is 5.62. The van der Waals surface area contributed by atoms with Crippen LogP contribution in [0.5, 0.6) is 11.5 Å². The fourth-order valence-electron chi connectivity index (χ4n) is 4.47. The van der Waals surface area contributed by atoms with E-state index in [9.17, 15) is 9.59 Å². The molecule has 0 radical (unpaired) electrons. The van der Waals surface area contributed by atoms with Crippen LogP contribution in [0.1, 0.15) is 51.9 Å². The maximum atomic E-state index is 13.8. The summed E-state index contributed by atoms with van der Waals surface area (Å²) in [5, 5.41) is 1.69. The second kappa shape index (κ2) is 12.4. The van der Waals surface area contributed by atoms with E-state index < -0.39 is 25.9 Å². The number of ether oxygens (including phenoxy) is 4. The summed E-state index contributed by atoms with van der Waals surface area (Å²) in [7, 11) is -0.520. The topological polar surface area (TPSA) is 80.3 Å². The number of carbonyl (C=O) groups is 2. The molecule has 0 saturated carbocycles. The minimum Gasteiger partial charge on any atom is -0.533 e. The van der Waals surface area contributed by atoms with Gasteiger partial charge < -0.3 is 23.4 Å². The first-order valence-corrected chi connectivity index (χ1v) is 14.9. The molecular formula is C32H38O7Si. The highest BCUT2D eigenvalue weighted by Crippen LogP contribution is 2.40. The normalized spacial score (nSPS) is 12.3. The number of methoxy groups -OCH3 is 2. The van der Waals surface area contributed by atoms with Gasteiger partial charge in [-0.3, -0.25) is 0 Å². The molecule has 0 aliphatic heterocycles. The molecule has 0 unspecified atom stereocenters. The molecule has 3 aromatic carbocycles. The summed E-state index contributed by atoms with van der Waals surface area (Å²) < 4.78 is 28.7. The van der Waals surface area contributed by atoms with Gasteiger partial charge >= 0.3 is 20.3 Å². The standard InChI is InChI=1S/C32H38O7Si/c1-31(2,3)38-30(34)28-25(37-27(22-35-7)29(33)36-8)20-15-21-26(28)39-40(32(4,5)6,23-16-11-9-12-17-23)24-18-13-10-14-19-24/h9-22H,1-8H3/b27-22+. The summed E-state index contributed by atoms with van der Waals surface area (Å²) in [5.74, 6) is -1.31. The second-order valence-corrected chi connectivity index (χ2v) is 15.4. The Morgan fingerprint density at radius 2 is 1.25 bits per heavy atom. The van der Waals surface area contributed by atoms with Gasteiger partial charge in [0.1, 0.15) is 28.9 Å². The summed E-state index contributed by atoms with van der Waals surface area (Å²) in [4.78, 5) is 26.2. The van der Waals surface area contributed by atoms with E-state index in [4.69, 9.17) is 23.4 Å². The van der Waals surface area contributed by atoms with E-state index in [-0.39, 0.29) is 27.9 Å². The largest absolute Gasteiger partial charge is 0.533 e. The molecule has 40 heavy (non-hydrogen) atoms. The lowest BCUT2D eigenvalue weighted by molar-refractivity contribution is -0.138. The van der Waals surface area contributed by atoms with Gasteiger partial charge in [-0.1, -0.05) is 87.5 Å². The molecule has 0 saturated heterocycles. The van der Waals surface area contributed by atoms with Gasteiger partial charge in [-0.05, 0) is 48.3 Å². The highest BCUT2D eigenvalue weighted by atomic mass is 28.4. The monoisotopic (exact) mass is 562 g/mol. The Labute approximate surface area is 237 Å². The second-order valence-electron chi connectivity index (χ2n) is 11.2. The number of hydrogen-bond acceptors (Lipinski definition) is 7. The average molecular weight is 563 g/mol. The van der Waals surface area contributed by atoms with Crippen LogP contribution in [0.4, 0.5) is 0 Å². The average Bonchev–Trinajstić information content (AvgIpc) is 2.90. The van der Waals surface area contributed by atoms with Gasteiger partial charge in [0.2, 0.25) is 5.76 Å². The van der Waals surface area contributed by atoms with Crippen molar-refractivity contribution in [2.24, 2.45) is 0 Å². The molecule has 3 aromatic rings. The quantitative estimate of drug-likeness (QED) is 0.145. The molecule has 0 bridgehead atoms. The van der Waals surface area contributed by atoms with Crippen LogP contribution in [0.25, 0.3) is 0 Å². The Morgan fingerprint density at radius 1 is 0.725 bits per heavy atom. The Morgan fingerprint density at radius 3 is 1.70 bits per heavy atom. The molecule has 0 heterocycles. The van der Waals surface area contributed by atoms with Crippen molar-refractivity contribution in [2.75, 3.05) is 14.2 Å². The Bertz CT molecular complexity index is 1300. The zero-order valence-electron chi connectivity index (χ0n) is 24.4. The summed E-state index contributed by atoms with van der Waals surface area (Å²) >= 11 is 0. The van der Waals surface area contributed by atoms with Crippen LogP contribution in [-0.4, -0.2) is 40.1 Å². The molecule has 0 atom stereocenters. The molecule has 0 aliphatic carbocycles. The Balaban J connectivity index is 2.32. The van der Waals surface area contributed by atoms with Crippen molar-refractivity contribution in [1.82, 2.24) is 0 Å². The van der Waals surface area contributed by atoms with Crippen LogP contribution in [0.2, 0.25) is 5.04 Å². The molecule has 212 valence electrons. The zero-order valence-corrected chi connectivity index (χ0v) is 25.4. The first-order chi connectivity index (χ1) is 18.8. The molecule has 7 nitrogen and oxygen atoms in total. The van der Waals surface area contributed by atoms with E-state index in [1.54, 1.807) is 39.0 Å². The highest BCUT2D eigenvalue weighted by Gasteiger charge is 2.52. The molecule has 3 rings (SSSR count). The van der Waals surface area contributed by atoms with Crippen LogP contribution < -0.4 is 19.5 Å². The van der Waals surface area contributed by atoms with E-state index in [1.807, 2.05) is 36.4 Å². The fourth-order valence-corrected chi connectivity index (χ4v) is 8.90. The highest BCUT2D eigenvalue weighted by molar-refractivity contribution is 7.00. The molecule has 8 heteroatoms. The Kier molecular flexibility index (Phi) is 9.47. The van der Waals surface area contributed by atoms with Gasteiger partial charge in [0.05, 0.1) is 14.2 Å². The summed E-state index contributed by atoms with van der Waals surface area (Å²) in [6, 6.07) is 25.1. The van der Waals surface area contributed by atoms with Crippen molar-refractivity contribution in [2.45, 2.75) is 52.2 Å². The van der Waals surface area contributed by atoms with Crippen LogP contribution in [0.3, 0.4) is 0 Å². The van der Waals surface area contributed by atoms with E-state index in [2.05, 4.69) is 45.0 Å². The third kappa shape index (κ3) is 6.74. The van der Waals surface area contributed by atoms with Gasteiger partial charge in [0, 0.05) is 0 Å². The van der Waals surface area contributed by atoms with Crippen LogP contribution in [0.15, 0.2) is 90.9 Å². The third-order valence-corrected chi connectivity index (χ3v) is 11.0. The van der Waals surface area contributed by atoms with Crippen LogP contribution in [0, 0.1) is 0 Å². The minimum absolute atomic E-state index is 0.0521. The minimum atomic E-state index is -3.13. The lowest BCUT2D eigenvalue weighted by Crippen LogP contribution is -2.69. The number of benzene rings is 3. The summed E-state index contributed by atoms with van der Waals surface area (Å²) in [5.41, 5.74) is -0.747. The van der Waals surface area contributed by atoms with Crippen LogP contribution >= 0.6 is 0 Å². The summed E-state index contributed by atoms with van der Waals surface area (Å²) in [6.07, 6.45) is 1.11. The first kappa shape index (κ1) is 30.5. The van der Waals surface area contributed by atoms with Crippen molar-refractivity contribution in [3.05, 3.63) is 96.4 Å². The van der Waals surface area contributed by atoms with Gasteiger partial charge in [-0.25, -0.2) is 9.59 Å². The SMILES string of the molecule is CO/C=C(/Oc1cccc(O[Si](c2ccccc2)(c2ccccc2)C(C)(C)C)c1C(=O)OC(C)(C)C)C(=O)OC. The lowest BCUT2D eigenvalue weighted by atomic mass is 10.1. The van der Waals surface area contributed by atoms with Crippen molar-refractivity contribution < 1.29 is 33.0 Å². The van der Waals surface area contributed by atoms with Crippen LogP contribution in [-0.2, 0) is 19.0 Å². The zero-order chi connectivity index (χ0) is 29.6. The first-order valence-electron chi connectivity index (χ1n) is 13.0. The number of hydrogen-bond donors (Lipinski definition) is 0. The van der Waals surface area contributed by atoms with Gasteiger partial charge in [0.25, 0.3) is 0 Å². The molecule has 0 N–H and O–H groups in total. The van der Waals surface area contributed by atoms with Crippen molar-refractivity contribution in [3.8, 4) is 11.5 Å². The predicted molar refractivity (Wildman–Crippen MR) is 158 cm³/mol. The molecule has 0 spiro atoms. The van der Waals surface area contributed by atoms with E-state index in [1.165, 1.54) is 14.2 Å². The Hall–Kier alpha value is -4.04. The number of rotatable bonds is 9. The molecule has 0 aromatic heterocycles. The molecule has 0 fully saturated rings. The van der Waals surface area contributed by atoms with E-state index in [0.29, 0.717) is 0 Å². The molecular weight excluding hydrogens is 524 g/mol. The maximum absolute atomic E-state index is 13.8. The smallest absolute Gasteiger partial charge is 0.377 e. The van der Waals surface area contributed by atoms with Crippen molar-refractivity contribution in [3.63, 3.8) is 0 Å². The van der Waals surface area contributed by atoms with Gasteiger partial charge in [-0.15, -0.1) is 0 Å². The molecule has 0 amide bonds. The van der Waals surface area contributed by atoms with E-state index in [0.717, 1.165) is 16.6 Å². The fraction of sp³-hybridized carbons (Fsp3) is 0.312. The van der Waals surface area contributed by atoms with E-state index >= 15 is 0 Å². The third-order valence-electron chi connectivity index (χ3n) is 6.10. The molecule has 0 aliphatic rings. The summed E-state index contributed by atoms with van der Waals surface area (Å²) in [6.45, 7) is 11.8. The number of esters is 2. The maximum Gasteiger partial charge on any atom is 0.377 e. The number of carbonyl (C=O) groups excluding carboxylic acids is 2. The van der Waals surface area contributed by atoms with Crippen molar-refractivity contribution in [1.29, 1.82) is 0 Å². The van der Waals surface area contributed by atoms with Gasteiger partial charge in [0.15, 0.2) is 0 Å². The van der Waals surface area contributed by atoms with Crippen molar-refractivity contribution >= 4 is 30.6 Å². The lowest BCUT2D eigenvalue weighted by Gasteiger charge is -2.43.